The van der Waals surface area contributed by atoms with Gasteiger partial charge in [0.1, 0.15) is 5.92 Å². The Labute approximate surface area is 125 Å². The molecule has 108 valence electrons. The number of aliphatic imine (C=N–C) groups is 1. The molecule has 1 aliphatic carbocycles. The number of rotatable bonds is 3. The molecule has 0 aromatic heterocycles. The molecule has 0 aromatic carbocycles. The smallest absolute Gasteiger partial charge is 0.161 e. The van der Waals surface area contributed by atoms with Crippen molar-refractivity contribution in [1.29, 1.82) is 5.26 Å². The highest BCUT2D eigenvalue weighted by molar-refractivity contribution is 8.14. The van der Waals surface area contributed by atoms with Crippen molar-refractivity contribution < 1.29 is 4.79 Å². The van der Waals surface area contributed by atoms with E-state index in [-0.39, 0.29) is 17.6 Å². The van der Waals surface area contributed by atoms with E-state index in [1.807, 2.05) is 0 Å². The second-order valence-corrected chi connectivity index (χ2v) is 7.15. The van der Waals surface area contributed by atoms with Crippen LogP contribution < -0.4 is 0 Å². The Balaban J connectivity index is 2.45. The number of thioether (sulfide) groups is 1. The number of allylic oxidation sites excluding steroid dienone is 2. The third-order valence-corrected chi connectivity index (χ3v) is 4.80. The third kappa shape index (κ3) is 2.98. The number of hydrogen-bond donors (Lipinski definition) is 0. The SMILES string of the molecule is CCSC1=NC2=C(C(=O)CCC2)[C@H](CC(C)C)C1C#N. The van der Waals surface area contributed by atoms with Crippen LogP contribution in [0.15, 0.2) is 16.3 Å². The van der Waals surface area contributed by atoms with Crippen LogP contribution in [-0.2, 0) is 4.79 Å². The molecule has 0 radical (unpaired) electrons. The van der Waals surface area contributed by atoms with E-state index < -0.39 is 0 Å². The summed E-state index contributed by atoms with van der Waals surface area (Å²) in [6.45, 7) is 6.38. The fraction of sp³-hybridized carbons (Fsp3) is 0.688. The number of ketones is 1. The van der Waals surface area contributed by atoms with Crippen molar-refractivity contribution in [3.8, 4) is 6.07 Å². The van der Waals surface area contributed by atoms with Crippen molar-refractivity contribution in [3.05, 3.63) is 11.3 Å². The standard InChI is InChI=1S/C16H22N2OS/c1-4-20-16-12(9-17)11(8-10(2)3)15-13(18-16)6-5-7-14(15)19/h10-12H,4-8H2,1-3H3/t11-,12?/m1/s1. The van der Waals surface area contributed by atoms with Gasteiger partial charge in [0.2, 0.25) is 0 Å². The zero-order chi connectivity index (χ0) is 14.7. The number of nitrogens with zero attached hydrogens (tertiary/aromatic N) is 2. The van der Waals surface area contributed by atoms with Gasteiger partial charge in [0.25, 0.3) is 0 Å². The Hall–Kier alpha value is -1.08. The first-order valence-corrected chi connectivity index (χ1v) is 8.44. The lowest BCUT2D eigenvalue weighted by molar-refractivity contribution is -0.116. The van der Waals surface area contributed by atoms with Crippen LogP contribution in [0.2, 0.25) is 0 Å². The zero-order valence-corrected chi connectivity index (χ0v) is 13.3. The predicted molar refractivity (Wildman–Crippen MR) is 83.5 cm³/mol. The first-order valence-electron chi connectivity index (χ1n) is 7.45. The molecule has 1 heterocycles. The molecule has 3 nitrogen and oxygen atoms in total. The summed E-state index contributed by atoms with van der Waals surface area (Å²) in [5, 5.41) is 10.5. The summed E-state index contributed by atoms with van der Waals surface area (Å²) < 4.78 is 0. The first kappa shape index (κ1) is 15.3. The maximum absolute atomic E-state index is 12.3. The lowest BCUT2D eigenvalue weighted by Gasteiger charge is -2.33. The lowest BCUT2D eigenvalue weighted by atomic mass is 9.74. The van der Waals surface area contributed by atoms with Crippen molar-refractivity contribution in [2.75, 3.05) is 5.75 Å². The molecule has 2 rings (SSSR count). The molecule has 1 aliphatic heterocycles. The summed E-state index contributed by atoms with van der Waals surface area (Å²) >= 11 is 1.65. The van der Waals surface area contributed by atoms with Gasteiger partial charge in [-0.15, -0.1) is 11.8 Å². The molecule has 4 heteroatoms. The lowest BCUT2D eigenvalue weighted by Crippen LogP contribution is -2.33. The van der Waals surface area contributed by atoms with Crippen molar-refractivity contribution in [3.63, 3.8) is 0 Å². The summed E-state index contributed by atoms with van der Waals surface area (Å²) in [7, 11) is 0. The molecule has 0 aromatic rings. The average Bonchev–Trinajstić information content (AvgIpc) is 2.38. The highest BCUT2D eigenvalue weighted by Crippen LogP contribution is 2.41. The molecule has 20 heavy (non-hydrogen) atoms. The molecular formula is C16H22N2OS. The van der Waals surface area contributed by atoms with E-state index in [1.165, 1.54) is 0 Å². The Morgan fingerprint density at radius 3 is 2.80 bits per heavy atom. The van der Waals surface area contributed by atoms with Crippen molar-refractivity contribution >= 4 is 22.6 Å². The van der Waals surface area contributed by atoms with E-state index in [1.54, 1.807) is 11.8 Å². The monoisotopic (exact) mass is 290 g/mol. The van der Waals surface area contributed by atoms with Crippen LogP contribution in [-0.4, -0.2) is 16.6 Å². The Morgan fingerprint density at radius 1 is 1.45 bits per heavy atom. The fourth-order valence-corrected chi connectivity index (χ4v) is 3.97. The van der Waals surface area contributed by atoms with Gasteiger partial charge in [0.05, 0.1) is 11.1 Å². The first-order chi connectivity index (χ1) is 9.58. The van der Waals surface area contributed by atoms with Gasteiger partial charge in [-0.25, -0.2) is 4.99 Å². The molecule has 0 N–H and O–H groups in total. The van der Waals surface area contributed by atoms with E-state index in [9.17, 15) is 10.1 Å². The van der Waals surface area contributed by atoms with Crippen molar-refractivity contribution in [2.45, 2.75) is 46.5 Å². The fourth-order valence-electron chi connectivity index (χ4n) is 3.10. The molecule has 2 atom stereocenters. The second kappa shape index (κ2) is 6.58. The van der Waals surface area contributed by atoms with Crippen LogP contribution in [0, 0.1) is 29.1 Å². The van der Waals surface area contributed by atoms with Gasteiger partial charge in [-0.1, -0.05) is 20.8 Å². The minimum absolute atomic E-state index is 0.0503. The maximum atomic E-state index is 12.3. The molecule has 0 saturated carbocycles. The minimum atomic E-state index is -0.233. The van der Waals surface area contributed by atoms with E-state index in [0.29, 0.717) is 12.3 Å². The van der Waals surface area contributed by atoms with Gasteiger partial charge in [-0.3, -0.25) is 4.79 Å². The highest BCUT2D eigenvalue weighted by Gasteiger charge is 2.39. The predicted octanol–water partition coefficient (Wildman–Crippen LogP) is 3.96. The summed E-state index contributed by atoms with van der Waals surface area (Å²) in [6, 6.07) is 2.41. The van der Waals surface area contributed by atoms with Crippen LogP contribution in [0.25, 0.3) is 0 Å². The largest absolute Gasteiger partial charge is 0.294 e. The number of carbonyl (C=O) groups excluding carboxylic acids is 1. The highest BCUT2D eigenvalue weighted by atomic mass is 32.2. The molecule has 0 fully saturated rings. The van der Waals surface area contributed by atoms with Gasteiger partial charge < -0.3 is 0 Å². The normalized spacial score (nSPS) is 26.4. The van der Waals surface area contributed by atoms with Crippen LogP contribution in [0.1, 0.15) is 46.5 Å². The minimum Gasteiger partial charge on any atom is -0.294 e. The number of nitriles is 1. The summed E-state index contributed by atoms with van der Waals surface area (Å²) in [4.78, 5) is 17.0. The summed E-state index contributed by atoms with van der Waals surface area (Å²) in [5.74, 6) is 1.44. The molecule has 0 bridgehead atoms. The molecule has 0 spiro atoms. The zero-order valence-electron chi connectivity index (χ0n) is 12.5. The molecular weight excluding hydrogens is 268 g/mol. The Kier molecular flexibility index (Phi) is 5.04. The topological polar surface area (TPSA) is 53.2 Å². The number of hydrogen-bond acceptors (Lipinski definition) is 4. The molecule has 1 unspecified atom stereocenters. The summed E-state index contributed by atoms with van der Waals surface area (Å²) in [5.41, 5.74) is 1.84. The van der Waals surface area contributed by atoms with E-state index in [2.05, 4.69) is 31.8 Å². The van der Waals surface area contributed by atoms with Crippen LogP contribution >= 0.6 is 11.8 Å². The third-order valence-electron chi connectivity index (χ3n) is 3.87. The van der Waals surface area contributed by atoms with Crippen LogP contribution in [0.3, 0.4) is 0 Å². The van der Waals surface area contributed by atoms with Gasteiger partial charge in [0, 0.05) is 23.6 Å². The Bertz CT molecular complexity index is 499. The van der Waals surface area contributed by atoms with Crippen molar-refractivity contribution in [2.24, 2.45) is 22.7 Å². The number of carbonyl (C=O) groups is 1. The Morgan fingerprint density at radius 2 is 2.20 bits per heavy atom. The van der Waals surface area contributed by atoms with Gasteiger partial charge >= 0.3 is 0 Å². The van der Waals surface area contributed by atoms with E-state index in [0.717, 1.165) is 41.3 Å². The number of Topliss-reactive ketones (excluding diaryl/α,β-unsaturated/α-hetero) is 1. The van der Waals surface area contributed by atoms with Gasteiger partial charge in [0.15, 0.2) is 5.78 Å². The quantitative estimate of drug-likeness (QED) is 0.790. The van der Waals surface area contributed by atoms with Crippen LogP contribution in [0.5, 0.6) is 0 Å². The maximum Gasteiger partial charge on any atom is 0.161 e. The summed E-state index contributed by atoms with van der Waals surface area (Å²) in [6.07, 6.45) is 3.31. The molecule has 0 amide bonds. The van der Waals surface area contributed by atoms with Gasteiger partial charge in [-0.05, 0) is 30.9 Å². The van der Waals surface area contributed by atoms with Crippen molar-refractivity contribution in [1.82, 2.24) is 0 Å². The second-order valence-electron chi connectivity index (χ2n) is 5.86. The molecule has 0 saturated heterocycles. The van der Waals surface area contributed by atoms with Gasteiger partial charge in [-0.2, -0.15) is 5.26 Å². The van der Waals surface area contributed by atoms with E-state index in [4.69, 9.17) is 0 Å². The van der Waals surface area contributed by atoms with Crippen LogP contribution in [0.4, 0.5) is 0 Å². The van der Waals surface area contributed by atoms with E-state index >= 15 is 0 Å². The average molecular weight is 290 g/mol. The molecule has 2 aliphatic rings.